The Kier molecular flexibility index (Phi) is 15.9. The van der Waals surface area contributed by atoms with E-state index in [9.17, 15) is 19.2 Å². The van der Waals surface area contributed by atoms with Crippen molar-refractivity contribution in [1.29, 1.82) is 0 Å². The van der Waals surface area contributed by atoms with Gasteiger partial charge in [0.25, 0.3) is 11.8 Å². The van der Waals surface area contributed by atoms with Crippen LogP contribution < -0.4 is 9.47 Å². The second-order valence-corrected chi connectivity index (χ2v) is 13.5. The predicted molar refractivity (Wildman–Crippen MR) is 200 cm³/mol. The second kappa shape index (κ2) is 20.5. The second-order valence-electron chi connectivity index (χ2n) is 13.5. The SMILES string of the molecule is CCCCCc1ccc(C(=O)Oc2ccc(OC(=O)c3ccc(CCCCC)cc3)c3c2C(=O)N(CCCOCC(CC)CCCC)C3=O)cc1. The summed E-state index contributed by atoms with van der Waals surface area (Å²) in [4.78, 5) is 55.3. The number of amides is 2. The monoisotopic (exact) mass is 697 g/mol. The minimum atomic E-state index is -0.651. The molecule has 1 heterocycles. The smallest absolute Gasteiger partial charge is 0.343 e. The highest BCUT2D eigenvalue weighted by molar-refractivity contribution is 6.24. The molecular weight excluding hydrogens is 642 g/mol. The number of carbonyl (C=O) groups excluding carboxylic acids is 4. The van der Waals surface area contributed by atoms with Crippen molar-refractivity contribution in [3.05, 3.63) is 94.0 Å². The largest absolute Gasteiger partial charge is 0.422 e. The number of imide groups is 1. The van der Waals surface area contributed by atoms with Crippen LogP contribution in [0, 0.1) is 5.92 Å². The van der Waals surface area contributed by atoms with E-state index >= 15 is 0 Å². The molecule has 8 nitrogen and oxygen atoms in total. The summed E-state index contributed by atoms with van der Waals surface area (Å²) >= 11 is 0. The number of benzene rings is 3. The first-order valence-corrected chi connectivity index (χ1v) is 19.0. The van der Waals surface area contributed by atoms with Crippen molar-refractivity contribution >= 4 is 23.8 Å². The zero-order valence-electron chi connectivity index (χ0n) is 31.0. The fraction of sp³-hybridized carbons (Fsp3) is 0.488. The lowest BCUT2D eigenvalue weighted by molar-refractivity contribution is 0.0599. The van der Waals surface area contributed by atoms with Gasteiger partial charge in [0.05, 0.1) is 22.3 Å². The molecule has 0 aromatic heterocycles. The number of fused-ring (bicyclic) bond motifs is 1. The third-order valence-electron chi connectivity index (χ3n) is 9.54. The van der Waals surface area contributed by atoms with Gasteiger partial charge < -0.3 is 14.2 Å². The topological polar surface area (TPSA) is 99.2 Å². The number of rotatable bonds is 22. The molecule has 1 aliphatic heterocycles. The van der Waals surface area contributed by atoms with E-state index in [0.717, 1.165) is 93.1 Å². The van der Waals surface area contributed by atoms with Crippen LogP contribution in [0.1, 0.15) is 151 Å². The van der Waals surface area contributed by atoms with Crippen LogP contribution in [0.5, 0.6) is 11.5 Å². The van der Waals surface area contributed by atoms with Crippen LogP contribution in [-0.4, -0.2) is 48.4 Å². The summed E-state index contributed by atoms with van der Waals surface area (Å²) in [7, 11) is 0. The molecule has 0 N–H and O–H groups in total. The maximum Gasteiger partial charge on any atom is 0.343 e. The Morgan fingerprint density at radius 1 is 0.608 bits per heavy atom. The molecule has 274 valence electrons. The molecule has 0 fully saturated rings. The van der Waals surface area contributed by atoms with E-state index in [1.807, 2.05) is 24.3 Å². The fourth-order valence-corrected chi connectivity index (χ4v) is 6.29. The molecule has 51 heavy (non-hydrogen) atoms. The third-order valence-corrected chi connectivity index (χ3v) is 9.54. The molecule has 3 aromatic carbocycles. The number of hydrogen-bond acceptors (Lipinski definition) is 7. The average molecular weight is 698 g/mol. The van der Waals surface area contributed by atoms with Crippen molar-refractivity contribution < 1.29 is 33.4 Å². The molecule has 1 atom stereocenters. The summed E-state index contributed by atoms with van der Waals surface area (Å²) in [5.74, 6) is -2.15. The van der Waals surface area contributed by atoms with Crippen molar-refractivity contribution in [3.8, 4) is 11.5 Å². The first-order chi connectivity index (χ1) is 24.8. The molecule has 3 aromatic rings. The third kappa shape index (κ3) is 11.1. The Bertz CT molecular complexity index is 1490. The van der Waals surface area contributed by atoms with Crippen molar-refractivity contribution in [3.63, 3.8) is 0 Å². The lowest BCUT2D eigenvalue weighted by Gasteiger charge is -2.16. The van der Waals surface area contributed by atoms with Crippen LogP contribution >= 0.6 is 0 Å². The fourth-order valence-electron chi connectivity index (χ4n) is 6.29. The van der Waals surface area contributed by atoms with E-state index in [1.165, 1.54) is 12.1 Å². The molecular formula is C43H55NO7. The van der Waals surface area contributed by atoms with Gasteiger partial charge in [-0.2, -0.15) is 0 Å². The van der Waals surface area contributed by atoms with Gasteiger partial charge in [-0.3, -0.25) is 14.5 Å². The lowest BCUT2D eigenvalue weighted by Crippen LogP contribution is -2.31. The first-order valence-electron chi connectivity index (χ1n) is 19.0. The number of ether oxygens (including phenoxy) is 3. The van der Waals surface area contributed by atoms with E-state index in [2.05, 4.69) is 27.7 Å². The average Bonchev–Trinajstić information content (AvgIpc) is 3.40. The summed E-state index contributed by atoms with van der Waals surface area (Å²) in [5.41, 5.74) is 2.73. The van der Waals surface area contributed by atoms with Crippen LogP contribution in [0.4, 0.5) is 0 Å². The molecule has 1 unspecified atom stereocenters. The van der Waals surface area contributed by atoms with E-state index in [1.54, 1.807) is 24.3 Å². The van der Waals surface area contributed by atoms with Gasteiger partial charge in [0.15, 0.2) is 0 Å². The van der Waals surface area contributed by atoms with Crippen LogP contribution in [-0.2, 0) is 17.6 Å². The maximum absolute atomic E-state index is 13.8. The predicted octanol–water partition coefficient (Wildman–Crippen LogP) is 9.81. The van der Waals surface area contributed by atoms with E-state index in [0.29, 0.717) is 36.7 Å². The Morgan fingerprint density at radius 2 is 1.08 bits per heavy atom. The van der Waals surface area contributed by atoms with Gasteiger partial charge >= 0.3 is 11.9 Å². The summed E-state index contributed by atoms with van der Waals surface area (Å²) in [6.07, 6.45) is 13.4. The van der Waals surface area contributed by atoms with Crippen molar-refractivity contribution in [2.45, 2.75) is 111 Å². The minimum absolute atomic E-state index is 0.0583. The molecule has 8 heteroatoms. The van der Waals surface area contributed by atoms with Gasteiger partial charge in [0, 0.05) is 19.8 Å². The van der Waals surface area contributed by atoms with Gasteiger partial charge in [-0.1, -0.05) is 96.9 Å². The van der Waals surface area contributed by atoms with Crippen LogP contribution in [0.3, 0.4) is 0 Å². The van der Waals surface area contributed by atoms with Gasteiger partial charge in [0.2, 0.25) is 0 Å². The summed E-state index contributed by atoms with van der Waals surface area (Å²) in [5, 5.41) is 0. The zero-order valence-corrected chi connectivity index (χ0v) is 31.0. The van der Waals surface area contributed by atoms with E-state index < -0.39 is 23.8 Å². The molecule has 0 radical (unpaired) electrons. The number of esters is 2. The molecule has 0 aliphatic carbocycles. The number of nitrogens with zero attached hydrogens (tertiary/aromatic N) is 1. The van der Waals surface area contributed by atoms with Gasteiger partial charge in [-0.15, -0.1) is 0 Å². The molecule has 4 rings (SSSR count). The lowest BCUT2D eigenvalue weighted by atomic mass is 10.0. The molecule has 0 saturated heterocycles. The molecule has 2 amide bonds. The standard InChI is InChI=1S/C43H55NO7/c1-5-9-12-16-32-18-22-34(23-19-32)42(47)50-36-26-27-37(51-43(48)35-24-20-33(21-25-35)17-13-10-6-2)39-38(36)40(45)44(41(39)46)28-14-29-49-30-31(8-4)15-11-7-3/h18-27,31H,5-17,28-30H2,1-4H3. The zero-order chi connectivity index (χ0) is 36.6. The van der Waals surface area contributed by atoms with Crippen LogP contribution in [0.25, 0.3) is 0 Å². The first kappa shape index (κ1) is 39.5. The molecule has 1 aliphatic rings. The van der Waals surface area contributed by atoms with Crippen molar-refractivity contribution in [1.82, 2.24) is 4.90 Å². The minimum Gasteiger partial charge on any atom is -0.422 e. The number of aryl methyl sites for hydroxylation is 2. The van der Waals surface area contributed by atoms with Crippen molar-refractivity contribution in [2.24, 2.45) is 5.92 Å². The number of unbranched alkanes of at least 4 members (excludes halogenated alkanes) is 5. The maximum atomic E-state index is 13.8. The quantitative estimate of drug-likeness (QED) is 0.0446. The highest BCUT2D eigenvalue weighted by Crippen LogP contribution is 2.38. The molecule has 0 saturated carbocycles. The number of hydrogen-bond donors (Lipinski definition) is 0. The van der Waals surface area contributed by atoms with E-state index in [-0.39, 0.29) is 29.2 Å². The van der Waals surface area contributed by atoms with Gasteiger partial charge in [0.1, 0.15) is 11.5 Å². The van der Waals surface area contributed by atoms with Gasteiger partial charge in [-0.05, 0) is 92.0 Å². The highest BCUT2D eigenvalue weighted by atomic mass is 16.5. The Morgan fingerprint density at radius 3 is 1.51 bits per heavy atom. The summed E-state index contributed by atoms with van der Waals surface area (Å²) < 4.78 is 17.4. The van der Waals surface area contributed by atoms with Crippen molar-refractivity contribution in [2.75, 3.05) is 19.8 Å². The van der Waals surface area contributed by atoms with E-state index in [4.69, 9.17) is 14.2 Å². The molecule has 0 bridgehead atoms. The Hall–Kier alpha value is -4.30. The van der Waals surface area contributed by atoms with Crippen LogP contribution in [0.2, 0.25) is 0 Å². The Labute approximate surface area is 303 Å². The normalized spacial score (nSPS) is 13.0. The highest BCUT2D eigenvalue weighted by Gasteiger charge is 2.41. The van der Waals surface area contributed by atoms with Gasteiger partial charge in [-0.25, -0.2) is 9.59 Å². The summed E-state index contributed by atoms with van der Waals surface area (Å²) in [6, 6.07) is 17.3. The molecule has 0 spiro atoms. The number of carbonyl (C=O) groups is 4. The Balaban J connectivity index is 1.52. The summed E-state index contributed by atoms with van der Waals surface area (Å²) in [6.45, 7) is 9.78. The van der Waals surface area contributed by atoms with Crippen LogP contribution in [0.15, 0.2) is 60.7 Å².